The third kappa shape index (κ3) is 7.54. The minimum absolute atomic E-state index is 0.398. The number of rotatable bonds is 6. The van der Waals surface area contributed by atoms with Crippen LogP contribution in [-0.2, 0) is 10.0 Å². The lowest BCUT2D eigenvalue weighted by molar-refractivity contribution is -0.134. The maximum Gasteiger partial charge on any atom is 0.389 e. The van der Waals surface area contributed by atoms with E-state index in [4.69, 9.17) is 6.42 Å². The van der Waals surface area contributed by atoms with Crippen molar-refractivity contribution >= 4 is 10.0 Å². The Labute approximate surface area is 93.5 Å². The summed E-state index contributed by atoms with van der Waals surface area (Å²) in [6, 6.07) is -0.657. The largest absolute Gasteiger partial charge is 0.389 e. The van der Waals surface area contributed by atoms with Crippen LogP contribution in [0.2, 0.25) is 0 Å². The standard InChI is InChI=1S/C9H14F3NO2S/c1-3-8(4-2)13-16(14,15)7-5-6-9(10,11)12/h1,8,13H,4-7H2,2H3. The number of sulfonamides is 1. The topological polar surface area (TPSA) is 46.2 Å². The molecule has 0 aliphatic carbocycles. The smallest absolute Gasteiger partial charge is 0.212 e. The van der Waals surface area contributed by atoms with Gasteiger partial charge in [-0.15, -0.1) is 6.42 Å². The number of alkyl halides is 3. The quantitative estimate of drug-likeness (QED) is 0.736. The fourth-order valence-corrected chi connectivity index (χ4v) is 2.28. The van der Waals surface area contributed by atoms with E-state index in [0.29, 0.717) is 6.42 Å². The van der Waals surface area contributed by atoms with Gasteiger partial charge in [-0.1, -0.05) is 12.8 Å². The second-order valence-electron chi connectivity index (χ2n) is 3.28. The Morgan fingerprint density at radius 1 is 1.44 bits per heavy atom. The first-order valence-electron chi connectivity index (χ1n) is 4.73. The molecule has 0 bridgehead atoms. The summed E-state index contributed by atoms with van der Waals surface area (Å²) in [5, 5.41) is 0. The monoisotopic (exact) mass is 257 g/mol. The predicted molar refractivity (Wildman–Crippen MR) is 55.1 cm³/mol. The van der Waals surface area contributed by atoms with Gasteiger partial charge in [-0.05, 0) is 12.8 Å². The summed E-state index contributed by atoms with van der Waals surface area (Å²) in [4.78, 5) is 0. The molecule has 1 N–H and O–H groups in total. The number of terminal acetylenes is 1. The highest BCUT2D eigenvalue weighted by Gasteiger charge is 2.27. The summed E-state index contributed by atoms with van der Waals surface area (Å²) < 4.78 is 60.0. The fraction of sp³-hybridized carbons (Fsp3) is 0.778. The van der Waals surface area contributed by atoms with E-state index in [1.807, 2.05) is 0 Å². The average Bonchev–Trinajstić information content (AvgIpc) is 2.11. The van der Waals surface area contributed by atoms with Gasteiger partial charge in [0.05, 0.1) is 11.8 Å². The molecule has 0 rings (SSSR count). The SMILES string of the molecule is C#CC(CC)NS(=O)(=O)CCCC(F)(F)F. The van der Waals surface area contributed by atoms with Gasteiger partial charge in [0.25, 0.3) is 0 Å². The van der Waals surface area contributed by atoms with Gasteiger partial charge < -0.3 is 0 Å². The molecule has 0 aromatic heterocycles. The van der Waals surface area contributed by atoms with Gasteiger partial charge in [0.15, 0.2) is 0 Å². The van der Waals surface area contributed by atoms with Gasteiger partial charge in [-0.2, -0.15) is 13.2 Å². The summed E-state index contributed by atoms with van der Waals surface area (Å²) in [7, 11) is -3.72. The molecule has 0 saturated carbocycles. The number of hydrogen-bond donors (Lipinski definition) is 1. The molecule has 0 heterocycles. The van der Waals surface area contributed by atoms with Gasteiger partial charge in [-0.3, -0.25) is 0 Å². The summed E-state index contributed by atoms with van der Waals surface area (Å²) in [5.41, 5.74) is 0. The van der Waals surface area contributed by atoms with E-state index < -0.39 is 40.8 Å². The van der Waals surface area contributed by atoms with Crippen molar-refractivity contribution in [1.82, 2.24) is 4.72 Å². The molecule has 7 heteroatoms. The lowest BCUT2D eigenvalue weighted by Crippen LogP contribution is -2.35. The lowest BCUT2D eigenvalue weighted by Gasteiger charge is -2.11. The van der Waals surface area contributed by atoms with Crippen LogP contribution in [0.5, 0.6) is 0 Å². The van der Waals surface area contributed by atoms with Crippen molar-refractivity contribution in [3.8, 4) is 12.3 Å². The zero-order valence-corrected chi connectivity index (χ0v) is 9.66. The van der Waals surface area contributed by atoms with Gasteiger partial charge in [-0.25, -0.2) is 13.1 Å². The lowest BCUT2D eigenvalue weighted by atomic mass is 10.3. The third-order valence-electron chi connectivity index (χ3n) is 1.80. The van der Waals surface area contributed by atoms with Crippen LogP contribution in [0.4, 0.5) is 13.2 Å². The molecule has 0 amide bonds. The summed E-state index contributed by atoms with van der Waals surface area (Å²) in [5.74, 6) is 1.64. The van der Waals surface area contributed by atoms with Crippen LogP contribution in [0, 0.1) is 12.3 Å². The Kier molecular flexibility index (Phi) is 5.83. The molecule has 1 atom stereocenters. The van der Waals surface area contributed by atoms with Crippen LogP contribution < -0.4 is 4.72 Å². The Hall–Kier alpha value is -0.740. The molecule has 0 aliphatic heterocycles. The molecule has 0 radical (unpaired) electrons. The number of nitrogens with one attached hydrogen (secondary N) is 1. The van der Waals surface area contributed by atoms with Crippen LogP contribution in [0.3, 0.4) is 0 Å². The second-order valence-corrected chi connectivity index (χ2v) is 5.16. The first-order chi connectivity index (χ1) is 7.20. The third-order valence-corrected chi connectivity index (χ3v) is 3.27. The molecule has 0 saturated heterocycles. The van der Waals surface area contributed by atoms with Crippen molar-refractivity contribution in [1.29, 1.82) is 0 Å². The Morgan fingerprint density at radius 2 is 2.00 bits per heavy atom. The fourth-order valence-electron chi connectivity index (χ4n) is 0.974. The highest BCUT2D eigenvalue weighted by atomic mass is 32.2. The first kappa shape index (κ1) is 15.3. The molecule has 0 aliphatic rings. The Balaban J connectivity index is 4.13. The molecule has 16 heavy (non-hydrogen) atoms. The molecular formula is C9H14F3NO2S. The molecule has 1 unspecified atom stereocenters. The van der Waals surface area contributed by atoms with Gasteiger partial charge in [0.2, 0.25) is 10.0 Å². The minimum atomic E-state index is -4.33. The van der Waals surface area contributed by atoms with Gasteiger partial charge in [0.1, 0.15) is 0 Å². The predicted octanol–water partition coefficient (Wildman–Crippen LogP) is 1.66. The van der Waals surface area contributed by atoms with Gasteiger partial charge >= 0.3 is 6.18 Å². The normalized spacial score (nSPS) is 14.4. The van der Waals surface area contributed by atoms with E-state index in [1.165, 1.54) is 0 Å². The van der Waals surface area contributed by atoms with E-state index in [2.05, 4.69) is 10.6 Å². The van der Waals surface area contributed by atoms with Crippen LogP contribution >= 0.6 is 0 Å². The van der Waals surface area contributed by atoms with E-state index >= 15 is 0 Å². The van der Waals surface area contributed by atoms with Crippen molar-refractivity contribution in [2.24, 2.45) is 0 Å². The van der Waals surface area contributed by atoms with Crippen LogP contribution in [0.1, 0.15) is 26.2 Å². The van der Waals surface area contributed by atoms with Crippen molar-refractivity contribution in [3.05, 3.63) is 0 Å². The average molecular weight is 257 g/mol. The Morgan fingerprint density at radius 3 is 2.38 bits per heavy atom. The zero-order chi connectivity index (χ0) is 12.8. The summed E-state index contributed by atoms with van der Waals surface area (Å²) in [6.45, 7) is 1.68. The van der Waals surface area contributed by atoms with E-state index in [9.17, 15) is 21.6 Å². The molecule has 0 aromatic rings. The Bertz CT molecular complexity index is 343. The molecule has 0 fully saturated rings. The molecule has 94 valence electrons. The van der Waals surface area contributed by atoms with Crippen molar-refractivity contribution < 1.29 is 21.6 Å². The maximum atomic E-state index is 11.8. The highest BCUT2D eigenvalue weighted by Crippen LogP contribution is 2.21. The van der Waals surface area contributed by atoms with Gasteiger partial charge in [0, 0.05) is 6.42 Å². The zero-order valence-electron chi connectivity index (χ0n) is 8.84. The number of hydrogen-bond acceptors (Lipinski definition) is 2. The van der Waals surface area contributed by atoms with E-state index in [0.717, 1.165) is 0 Å². The summed E-state index contributed by atoms with van der Waals surface area (Å²) >= 11 is 0. The molecule has 0 aromatic carbocycles. The molecule has 0 spiro atoms. The molecule has 3 nitrogen and oxygen atoms in total. The summed E-state index contributed by atoms with van der Waals surface area (Å²) in [6.07, 6.45) is -0.467. The maximum absolute atomic E-state index is 11.8. The number of halogens is 3. The minimum Gasteiger partial charge on any atom is -0.212 e. The first-order valence-corrected chi connectivity index (χ1v) is 6.38. The van der Waals surface area contributed by atoms with Crippen LogP contribution in [0.15, 0.2) is 0 Å². The van der Waals surface area contributed by atoms with Crippen LogP contribution in [0.25, 0.3) is 0 Å². The highest BCUT2D eigenvalue weighted by molar-refractivity contribution is 7.89. The van der Waals surface area contributed by atoms with Crippen molar-refractivity contribution in [2.45, 2.75) is 38.4 Å². The van der Waals surface area contributed by atoms with Crippen molar-refractivity contribution in [2.75, 3.05) is 5.75 Å². The van der Waals surface area contributed by atoms with E-state index in [-0.39, 0.29) is 0 Å². The molecular weight excluding hydrogens is 243 g/mol. The van der Waals surface area contributed by atoms with E-state index in [1.54, 1.807) is 6.92 Å². The second kappa shape index (κ2) is 6.11. The van der Waals surface area contributed by atoms with Crippen LogP contribution in [-0.4, -0.2) is 26.4 Å². The van der Waals surface area contributed by atoms with Crippen molar-refractivity contribution in [3.63, 3.8) is 0 Å².